The van der Waals surface area contributed by atoms with Gasteiger partial charge in [0.15, 0.2) is 6.29 Å². The average molecular weight is 343 g/mol. The van der Waals surface area contributed by atoms with Crippen LogP contribution < -0.4 is 5.32 Å². The molecule has 0 unspecified atom stereocenters. The predicted octanol–water partition coefficient (Wildman–Crippen LogP) is 1.39. The van der Waals surface area contributed by atoms with Crippen LogP contribution in [0.1, 0.15) is 46.5 Å². The van der Waals surface area contributed by atoms with Gasteiger partial charge in [-0.25, -0.2) is 0 Å². The third-order valence-corrected chi connectivity index (χ3v) is 4.23. The van der Waals surface area contributed by atoms with Crippen LogP contribution in [0.4, 0.5) is 0 Å². The van der Waals surface area contributed by atoms with Crippen molar-refractivity contribution in [2.75, 3.05) is 20.3 Å². The molecule has 2 rings (SSSR count). The first-order valence-corrected chi connectivity index (χ1v) is 8.60. The van der Waals surface area contributed by atoms with E-state index < -0.39 is 11.6 Å². The van der Waals surface area contributed by atoms with Crippen molar-refractivity contribution in [1.82, 2.24) is 5.32 Å². The summed E-state index contributed by atoms with van der Waals surface area (Å²) in [6, 6.07) is -0.575. The monoisotopic (exact) mass is 343 g/mol. The summed E-state index contributed by atoms with van der Waals surface area (Å²) in [7, 11) is 1.38. The average Bonchev–Trinajstić information content (AvgIpc) is 3.14. The SMILES string of the molecule is COC(=O)[C@H]1C[C@@H](C(=O)OC(C)(C)C)N[C@H]1CCCC1OCCO1. The van der Waals surface area contributed by atoms with Gasteiger partial charge in [0, 0.05) is 6.04 Å². The Balaban J connectivity index is 1.88. The Kier molecular flexibility index (Phi) is 6.60. The Morgan fingerprint density at radius 3 is 2.38 bits per heavy atom. The highest BCUT2D eigenvalue weighted by atomic mass is 16.7. The van der Waals surface area contributed by atoms with Crippen molar-refractivity contribution in [2.24, 2.45) is 5.92 Å². The van der Waals surface area contributed by atoms with Crippen LogP contribution in [0.3, 0.4) is 0 Å². The highest BCUT2D eigenvalue weighted by Crippen LogP contribution is 2.28. The maximum Gasteiger partial charge on any atom is 0.323 e. The predicted molar refractivity (Wildman–Crippen MR) is 86.2 cm³/mol. The lowest BCUT2D eigenvalue weighted by atomic mass is 9.95. The Hall–Kier alpha value is -1.18. The molecular weight excluding hydrogens is 314 g/mol. The van der Waals surface area contributed by atoms with E-state index in [0.29, 0.717) is 19.6 Å². The minimum atomic E-state index is -0.547. The summed E-state index contributed by atoms with van der Waals surface area (Å²) in [5, 5.41) is 3.25. The van der Waals surface area contributed by atoms with Crippen LogP contribution in [0.25, 0.3) is 0 Å². The van der Waals surface area contributed by atoms with Gasteiger partial charge in [0.1, 0.15) is 11.6 Å². The van der Waals surface area contributed by atoms with E-state index in [1.807, 2.05) is 20.8 Å². The molecule has 0 spiro atoms. The number of methoxy groups -OCH3 is 1. The molecule has 0 radical (unpaired) electrons. The molecule has 7 nitrogen and oxygen atoms in total. The number of nitrogens with one attached hydrogen (secondary N) is 1. The molecule has 0 aromatic rings. The van der Waals surface area contributed by atoms with Crippen molar-refractivity contribution in [3.05, 3.63) is 0 Å². The molecule has 2 saturated heterocycles. The molecular formula is C17H29NO6. The van der Waals surface area contributed by atoms with E-state index in [-0.39, 0.29) is 30.2 Å². The first kappa shape index (κ1) is 19.1. The van der Waals surface area contributed by atoms with Gasteiger partial charge < -0.3 is 24.3 Å². The highest BCUT2D eigenvalue weighted by molar-refractivity contribution is 5.80. The lowest BCUT2D eigenvalue weighted by Gasteiger charge is -2.22. The molecule has 1 N–H and O–H groups in total. The largest absolute Gasteiger partial charge is 0.469 e. The lowest BCUT2D eigenvalue weighted by molar-refractivity contribution is -0.157. The fourth-order valence-corrected chi connectivity index (χ4v) is 3.17. The van der Waals surface area contributed by atoms with Crippen LogP contribution in [-0.2, 0) is 28.5 Å². The third kappa shape index (κ3) is 5.43. The Morgan fingerprint density at radius 1 is 1.12 bits per heavy atom. The van der Waals surface area contributed by atoms with Gasteiger partial charge in [-0.2, -0.15) is 0 Å². The normalized spacial score (nSPS) is 28.1. The standard InChI is InChI=1S/C17H29NO6/c1-17(2,3)24-16(20)13-10-11(15(19)21-4)12(18-13)6-5-7-14-22-8-9-23-14/h11-14,18H,5-10H2,1-4H3/t11-,12-,13-/m0/s1. The van der Waals surface area contributed by atoms with E-state index in [1.165, 1.54) is 7.11 Å². The van der Waals surface area contributed by atoms with E-state index in [2.05, 4.69) is 5.32 Å². The Morgan fingerprint density at radius 2 is 1.79 bits per heavy atom. The molecule has 2 fully saturated rings. The molecule has 0 aromatic carbocycles. The number of esters is 2. The maximum atomic E-state index is 12.3. The van der Waals surface area contributed by atoms with Crippen LogP contribution >= 0.6 is 0 Å². The van der Waals surface area contributed by atoms with Gasteiger partial charge in [-0.05, 0) is 46.5 Å². The molecule has 0 bridgehead atoms. The van der Waals surface area contributed by atoms with E-state index in [1.54, 1.807) is 0 Å². The molecule has 138 valence electrons. The second-order valence-corrected chi connectivity index (χ2v) is 7.33. The number of carbonyl (C=O) groups is 2. The van der Waals surface area contributed by atoms with Gasteiger partial charge in [-0.3, -0.25) is 9.59 Å². The zero-order valence-electron chi connectivity index (χ0n) is 15.0. The van der Waals surface area contributed by atoms with Gasteiger partial charge in [0.25, 0.3) is 0 Å². The fourth-order valence-electron chi connectivity index (χ4n) is 3.17. The summed E-state index contributed by atoms with van der Waals surface area (Å²) in [6.07, 6.45) is 2.63. The Labute approximate surface area is 143 Å². The summed E-state index contributed by atoms with van der Waals surface area (Å²) < 4.78 is 21.2. The zero-order valence-corrected chi connectivity index (χ0v) is 15.0. The van der Waals surface area contributed by atoms with E-state index in [9.17, 15) is 9.59 Å². The lowest BCUT2D eigenvalue weighted by Crippen LogP contribution is -2.40. The van der Waals surface area contributed by atoms with E-state index in [4.69, 9.17) is 18.9 Å². The molecule has 2 aliphatic heterocycles. The van der Waals surface area contributed by atoms with Crippen molar-refractivity contribution < 1.29 is 28.5 Å². The summed E-state index contributed by atoms with van der Waals surface area (Å²) in [6.45, 7) is 6.76. The van der Waals surface area contributed by atoms with Gasteiger partial charge in [0.2, 0.25) is 0 Å². The van der Waals surface area contributed by atoms with Crippen molar-refractivity contribution in [2.45, 2.75) is 70.4 Å². The molecule has 3 atom stereocenters. The van der Waals surface area contributed by atoms with Crippen molar-refractivity contribution in [3.63, 3.8) is 0 Å². The summed E-state index contributed by atoms with van der Waals surface area (Å²) in [5.74, 6) is -0.939. The number of rotatable bonds is 6. The van der Waals surface area contributed by atoms with Crippen LogP contribution in [0.2, 0.25) is 0 Å². The number of hydrogen-bond acceptors (Lipinski definition) is 7. The summed E-state index contributed by atoms with van der Waals surface area (Å²) in [5.41, 5.74) is -0.547. The number of carbonyl (C=O) groups excluding carboxylic acids is 2. The van der Waals surface area contributed by atoms with Gasteiger partial charge >= 0.3 is 11.9 Å². The molecule has 0 saturated carbocycles. The smallest absolute Gasteiger partial charge is 0.323 e. The summed E-state index contributed by atoms with van der Waals surface area (Å²) in [4.78, 5) is 24.3. The quantitative estimate of drug-likeness (QED) is 0.730. The second kappa shape index (κ2) is 8.27. The van der Waals surface area contributed by atoms with E-state index >= 15 is 0 Å². The molecule has 0 aliphatic carbocycles. The maximum absolute atomic E-state index is 12.3. The molecule has 0 aromatic heterocycles. The van der Waals surface area contributed by atoms with Crippen molar-refractivity contribution in [3.8, 4) is 0 Å². The van der Waals surface area contributed by atoms with Crippen LogP contribution in [0.5, 0.6) is 0 Å². The fraction of sp³-hybridized carbons (Fsp3) is 0.882. The van der Waals surface area contributed by atoms with Crippen LogP contribution in [0.15, 0.2) is 0 Å². The van der Waals surface area contributed by atoms with Crippen LogP contribution in [0, 0.1) is 5.92 Å². The molecule has 2 aliphatic rings. The van der Waals surface area contributed by atoms with Crippen molar-refractivity contribution >= 4 is 11.9 Å². The van der Waals surface area contributed by atoms with Crippen LogP contribution in [-0.4, -0.2) is 56.2 Å². The summed E-state index contributed by atoms with van der Waals surface area (Å²) >= 11 is 0. The minimum Gasteiger partial charge on any atom is -0.469 e. The minimum absolute atomic E-state index is 0.101. The van der Waals surface area contributed by atoms with Gasteiger partial charge in [-0.15, -0.1) is 0 Å². The first-order valence-electron chi connectivity index (χ1n) is 8.60. The van der Waals surface area contributed by atoms with Gasteiger partial charge in [0.05, 0.1) is 26.2 Å². The number of hydrogen-bond donors (Lipinski definition) is 1. The molecule has 24 heavy (non-hydrogen) atoms. The third-order valence-electron chi connectivity index (χ3n) is 4.23. The van der Waals surface area contributed by atoms with Gasteiger partial charge in [-0.1, -0.05) is 0 Å². The molecule has 2 heterocycles. The second-order valence-electron chi connectivity index (χ2n) is 7.33. The zero-order chi connectivity index (χ0) is 17.7. The molecule has 7 heteroatoms. The van der Waals surface area contributed by atoms with E-state index in [0.717, 1.165) is 19.3 Å². The highest BCUT2D eigenvalue weighted by Gasteiger charge is 2.43. The Bertz CT molecular complexity index is 441. The van der Waals surface area contributed by atoms with Crippen molar-refractivity contribution in [1.29, 1.82) is 0 Å². The molecule has 0 amide bonds. The number of ether oxygens (including phenoxy) is 4. The topological polar surface area (TPSA) is 83.1 Å². The first-order chi connectivity index (χ1) is 11.3.